The molecule has 2 atom stereocenters. The number of fused-ring (bicyclic) bond motifs is 1. The van der Waals surface area contributed by atoms with Gasteiger partial charge in [-0.15, -0.1) is 0 Å². The Morgan fingerprint density at radius 2 is 2.06 bits per heavy atom. The van der Waals surface area contributed by atoms with E-state index in [0.29, 0.717) is 24.0 Å². The second-order valence-corrected chi connectivity index (χ2v) is 9.06. The molecule has 3 heterocycles. The second kappa shape index (κ2) is 8.50. The number of carbonyl (C=O) groups excluding carboxylic acids is 2. The van der Waals surface area contributed by atoms with E-state index >= 15 is 0 Å². The molecule has 2 aromatic heterocycles. The van der Waals surface area contributed by atoms with Crippen molar-refractivity contribution < 1.29 is 9.59 Å². The monoisotopic (exact) mass is 438 g/mol. The molecule has 1 aliphatic heterocycles. The van der Waals surface area contributed by atoms with Crippen LogP contribution in [0.15, 0.2) is 30.5 Å². The van der Waals surface area contributed by atoms with Crippen LogP contribution in [0.25, 0.3) is 10.2 Å². The summed E-state index contributed by atoms with van der Waals surface area (Å²) >= 11 is 1.59. The van der Waals surface area contributed by atoms with Gasteiger partial charge in [0.1, 0.15) is 5.82 Å². The van der Waals surface area contributed by atoms with Gasteiger partial charge in [-0.2, -0.15) is 0 Å². The Bertz CT molecular complexity index is 1140. The summed E-state index contributed by atoms with van der Waals surface area (Å²) in [6.07, 6.45) is 3.25. The number of aryl methyl sites for hydroxylation is 1. The van der Waals surface area contributed by atoms with E-state index in [1.165, 1.54) is 6.20 Å². The minimum Gasteiger partial charge on any atom is -0.383 e. The van der Waals surface area contributed by atoms with E-state index in [2.05, 4.69) is 27.5 Å². The van der Waals surface area contributed by atoms with Gasteiger partial charge in [-0.1, -0.05) is 24.3 Å². The molecule has 31 heavy (non-hydrogen) atoms. The number of hydrogen-bond donors (Lipinski definition) is 3. The first-order valence-corrected chi connectivity index (χ1v) is 11.1. The van der Waals surface area contributed by atoms with E-state index < -0.39 is 11.8 Å². The van der Waals surface area contributed by atoms with E-state index in [4.69, 9.17) is 5.73 Å². The molecule has 4 rings (SSSR count). The Morgan fingerprint density at radius 3 is 2.81 bits per heavy atom. The molecule has 0 spiro atoms. The number of rotatable bonds is 3. The van der Waals surface area contributed by atoms with Gasteiger partial charge in [-0.25, -0.2) is 9.97 Å². The van der Waals surface area contributed by atoms with Crippen molar-refractivity contribution in [1.82, 2.24) is 14.9 Å². The summed E-state index contributed by atoms with van der Waals surface area (Å²) in [5, 5.41) is 6.59. The van der Waals surface area contributed by atoms with Crippen LogP contribution in [0, 0.1) is 12.8 Å². The number of aromatic nitrogens is 2. The number of hydrogen-bond acceptors (Lipinski definition) is 7. The van der Waals surface area contributed by atoms with Crippen molar-refractivity contribution in [2.24, 2.45) is 5.92 Å². The zero-order valence-corrected chi connectivity index (χ0v) is 18.6. The van der Waals surface area contributed by atoms with Crippen molar-refractivity contribution >= 4 is 50.0 Å². The highest BCUT2D eigenvalue weighted by atomic mass is 32.1. The highest BCUT2D eigenvalue weighted by Gasteiger charge is 2.34. The van der Waals surface area contributed by atoms with Crippen LogP contribution in [0.4, 0.5) is 16.6 Å². The van der Waals surface area contributed by atoms with Crippen molar-refractivity contribution in [3.63, 3.8) is 0 Å². The zero-order valence-electron chi connectivity index (χ0n) is 17.8. The largest absolute Gasteiger partial charge is 0.383 e. The maximum atomic E-state index is 13.1. The fourth-order valence-corrected chi connectivity index (χ4v) is 4.75. The molecular weight excluding hydrogens is 412 g/mol. The lowest BCUT2D eigenvalue weighted by molar-refractivity contribution is -0.146. The van der Waals surface area contributed by atoms with Gasteiger partial charge in [0.15, 0.2) is 5.13 Å². The van der Waals surface area contributed by atoms with Crippen LogP contribution in [-0.2, 0) is 9.59 Å². The average Bonchev–Trinajstić information content (AvgIpc) is 3.18. The predicted molar refractivity (Wildman–Crippen MR) is 124 cm³/mol. The number of piperidine rings is 1. The van der Waals surface area contributed by atoms with Gasteiger partial charge in [0, 0.05) is 13.6 Å². The number of thiazole rings is 1. The Morgan fingerprint density at radius 1 is 1.26 bits per heavy atom. The van der Waals surface area contributed by atoms with E-state index in [1.807, 2.05) is 25.2 Å². The molecule has 4 N–H and O–H groups in total. The van der Waals surface area contributed by atoms with Crippen LogP contribution >= 0.6 is 11.3 Å². The third-order valence-electron chi connectivity index (χ3n) is 5.66. The number of pyridine rings is 1. The first-order chi connectivity index (χ1) is 14.9. The molecule has 0 unspecified atom stereocenters. The number of carbonyl (C=O) groups is 2. The summed E-state index contributed by atoms with van der Waals surface area (Å²) in [6, 6.07) is 7.64. The van der Waals surface area contributed by atoms with Crippen molar-refractivity contribution in [2.45, 2.75) is 32.7 Å². The maximum absolute atomic E-state index is 13.1. The number of likely N-dealkylation sites (tertiary alicyclic amines) is 1. The van der Waals surface area contributed by atoms with Crippen molar-refractivity contribution in [2.75, 3.05) is 30.0 Å². The zero-order chi connectivity index (χ0) is 22.1. The second-order valence-electron chi connectivity index (χ2n) is 8.03. The standard InChI is InChI=1S/C22H26N6O2S/c1-12-4-6-17(14-5-7-18-16(9-14)27-22(24-3)31-18)28(11-12)21(30)20(29)26-15-8-13(2)19(23)25-10-15/h5,7-10,12,17H,4,6,11H2,1-3H3,(H2,23,25)(H,24,27)(H,26,29)/t12-,17+/m1/s1. The number of nitrogen functional groups attached to an aromatic ring is 1. The lowest BCUT2D eigenvalue weighted by Crippen LogP contribution is -2.46. The smallest absolute Gasteiger partial charge is 0.313 e. The topological polar surface area (TPSA) is 113 Å². The molecule has 3 aromatic rings. The van der Waals surface area contributed by atoms with Gasteiger partial charge in [0.05, 0.1) is 28.1 Å². The molecule has 1 aliphatic rings. The molecule has 2 amide bonds. The third kappa shape index (κ3) is 4.32. The van der Waals surface area contributed by atoms with Gasteiger partial charge < -0.3 is 21.3 Å². The molecule has 162 valence electrons. The van der Waals surface area contributed by atoms with E-state index in [1.54, 1.807) is 29.2 Å². The van der Waals surface area contributed by atoms with Crippen molar-refractivity contribution in [3.05, 3.63) is 41.6 Å². The number of nitrogens with two attached hydrogens (primary N) is 1. The first kappa shape index (κ1) is 21.0. The van der Waals surface area contributed by atoms with Crippen LogP contribution in [-0.4, -0.2) is 40.3 Å². The van der Waals surface area contributed by atoms with Crippen LogP contribution in [0.2, 0.25) is 0 Å². The van der Waals surface area contributed by atoms with Gasteiger partial charge in [-0.3, -0.25) is 9.59 Å². The van der Waals surface area contributed by atoms with Gasteiger partial charge in [0.25, 0.3) is 0 Å². The van der Waals surface area contributed by atoms with Crippen LogP contribution in [0.1, 0.15) is 36.9 Å². The predicted octanol–water partition coefficient (Wildman–Crippen LogP) is 3.56. The number of anilines is 3. The van der Waals surface area contributed by atoms with Crippen LogP contribution in [0.3, 0.4) is 0 Å². The van der Waals surface area contributed by atoms with Gasteiger partial charge in [-0.05, 0) is 55.0 Å². The fraction of sp³-hybridized carbons (Fsp3) is 0.364. The number of nitrogens with zero attached hydrogens (tertiary/aromatic N) is 3. The molecule has 9 heteroatoms. The van der Waals surface area contributed by atoms with E-state index in [9.17, 15) is 9.59 Å². The molecule has 0 radical (unpaired) electrons. The van der Waals surface area contributed by atoms with Crippen LogP contribution < -0.4 is 16.4 Å². The highest BCUT2D eigenvalue weighted by molar-refractivity contribution is 7.22. The van der Waals surface area contributed by atoms with E-state index in [0.717, 1.165) is 39.3 Å². The Hall–Kier alpha value is -3.20. The molecule has 0 saturated carbocycles. The first-order valence-electron chi connectivity index (χ1n) is 10.3. The summed E-state index contributed by atoms with van der Waals surface area (Å²) in [7, 11) is 1.85. The molecule has 1 fully saturated rings. The Kier molecular flexibility index (Phi) is 5.77. The quantitative estimate of drug-likeness (QED) is 0.539. The maximum Gasteiger partial charge on any atom is 0.313 e. The summed E-state index contributed by atoms with van der Waals surface area (Å²) < 4.78 is 1.08. The highest BCUT2D eigenvalue weighted by Crippen LogP contribution is 2.36. The lowest BCUT2D eigenvalue weighted by Gasteiger charge is -2.38. The Balaban J connectivity index is 1.58. The van der Waals surface area contributed by atoms with Gasteiger partial charge >= 0.3 is 11.8 Å². The summed E-state index contributed by atoms with van der Waals surface area (Å²) in [6.45, 7) is 4.44. The molecule has 8 nitrogen and oxygen atoms in total. The molecular formula is C22H26N6O2S. The molecule has 1 saturated heterocycles. The lowest BCUT2D eigenvalue weighted by atomic mass is 9.89. The fourth-order valence-electron chi connectivity index (χ4n) is 3.95. The minimum absolute atomic E-state index is 0.162. The summed E-state index contributed by atoms with van der Waals surface area (Å²) in [4.78, 5) is 36.2. The normalized spacial score (nSPS) is 18.7. The SMILES string of the molecule is CNc1nc2cc([C@@H]3CC[C@@H](C)CN3C(=O)C(=O)Nc3cnc(N)c(C)c3)ccc2s1. The number of amides is 2. The molecule has 0 bridgehead atoms. The third-order valence-corrected chi connectivity index (χ3v) is 6.71. The van der Waals surface area contributed by atoms with Gasteiger partial charge in [0.2, 0.25) is 0 Å². The van der Waals surface area contributed by atoms with Crippen molar-refractivity contribution in [3.8, 4) is 0 Å². The van der Waals surface area contributed by atoms with Crippen molar-refractivity contribution in [1.29, 1.82) is 0 Å². The number of nitrogens with one attached hydrogen (secondary N) is 2. The van der Waals surface area contributed by atoms with Crippen LogP contribution in [0.5, 0.6) is 0 Å². The Labute approximate surface area is 184 Å². The molecule has 0 aliphatic carbocycles. The summed E-state index contributed by atoms with van der Waals surface area (Å²) in [5.41, 5.74) is 8.83. The minimum atomic E-state index is -0.669. The summed E-state index contributed by atoms with van der Waals surface area (Å²) in [5.74, 6) is -0.488. The number of benzene rings is 1. The van der Waals surface area contributed by atoms with E-state index in [-0.39, 0.29) is 6.04 Å². The average molecular weight is 439 g/mol. The molecule has 1 aromatic carbocycles.